The summed E-state index contributed by atoms with van der Waals surface area (Å²) in [5.74, 6) is -0.483. The molecular weight excluding hydrogens is 445 g/mol. The van der Waals surface area contributed by atoms with E-state index in [1.807, 2.05) is 30.3 Å². The molecule has 1 saturated heterocycles. The normalized spacial score (nSPS) is 25.2. The van der Waals surface area contributed by atoms with Gasteiger partial charge in [0, 0.05) is 30.2 Å². The second kappa shape index (κ2) is 9.31. The third-order valence-corrected chi connectivity index (χ3v) is 6.32. The lowest BCUT2D eigenvalue weighted by molar-refractivity contribution is 0.0547. The first-order chi connectivity index (χ1) is 15.0. The largest absolute Gasteiger partial charge is 0.430 e. The van der Waals surface area contributed by atoms with E-state index in [2.05, 4.69) is 32.2 Å². The Morgan fingerprint density at radius 1 is 1.16 bits per heavy atom. The van der Waals surface area contributed by atoms with Crippen LogP contribution in [0.4, 0.5) is 4.79 Å². The third-order valence-electron chi connectivity index (χ3n) is 5.83. The van der Waals surface area contributed by atoms with Crippen LogP contribution in [0.1, 0.15) is 44.2 Å². The van der Waals surface area contributed by atoms with E-state index in [1.165, 1.54) is 4.90 Å². The van der Waals surface area contributed by atoms with Crippen LogP contribution in [0.15, 0.2) is 48.5 Å². The molecule has 0 saturated carbocycles. The second-order valence-electron chi connectivity index (χ2n) is 9.70. The number of nitriles is 1. The maximum absolute atomic E-state index is 12.6. The minimum Gasteiger partial charge on any atom is -0.430 e. The number of nitrogens with zero attached hydrogens (tertiary/aromatic N) is 2. The van der Waals surface area contributed by atoms with Crippen LogP contribution in [0.2, 0.25) is 10.0 Å². The third kappa shape index (κ3) is 4.88. The summed E-state index contributed by atoms with van der Waals surface area (Å²) >= 11 is 12.5. The molecule has 1 amide bonds. The van der Waals surface area contributed by atoms with Crippen LogP contribution >= 0.6 is 23.2 Å². The molecule has 0 unspecified atom stereocenters. The summed E-state index contributed by atoms with van der Waals surface area (Å²) in [5.41, 5.74) is 0.555. The Bertz CT molecular complexity index is 1010. The fourth-order valence-electron chi connectivity index (χ4n) is 4.49. The van der Waals surface area contributed by atoms with Gasteiger partial charge in [-0.3, -0.25) is 5.32 Å². The molecule has 4 atom stereocenters. The molecule has 1 N–H and O–H groups in total. The number of hydrogen-bond donors (Lipinski definition) is 1. The van der Waals surface area contributed by atoms with Crippen molar-refractivity contribution in [2.75, 3.05) is 14.1 Å². The monoisotopic (exact) mass is 473 g/mol. The molecule has 2 aromatic rings. The van der Waals surface area contributed by atoms with Gasteiger partial charge in [-0.15, -0.1) is 0 Å². The van der Waals surface area contributed by atoms with Gasteiger partial charge in [0.05, 0.1) is 12.0 Å². The number of nitrogens with one attached hydrogen (secondary N) is 1. The number of halogens is 2. The standard InChI is InChI=1S/C25H29Cl2N3O2/c1-24(2,3)14-20-25(15-28,17-9-11-18(26)12-10-17)21(16-7-6-8-19(27)13-16)22(29-20)32-23(31)30(4)5/h6-13,20-22,29H,14H2,1-5H3/t20-,21-,22+,25-/m0/s1. The van der Waals surface area contributed by atoms with E-state index in [0.29, 0.717) is 16.5 Å². The summed E-state index contributed by atoms with van der Waals surface area (Å²) in [5, 5.41) is 15.4. The summed E-state index contributed by atoms with van der Waals surface area (Å²) in [6.07, 6.45) is -0.504. The van der Waals surface area contributed by atoms with Crippen molar-refractivity contribution in [1.29, 1.82) is 5.26 Å². The molecule has 32 heavy (non-hydrogen) atoms. The number of benzene rings is 2. The minimum atomic E-state index is -1.01. The van der Waals surface area contributed by atoms with Crippen LogP contribution in [-0.2, 0) is 10.2 Å². The lowest BCUT2D eigenvalue weighted by Crippen LogP contribution is -2.44. The average Bonchev–Trinajstić information content (AvgIpc) is 3.00. The molecule has 1 fully saturated rings. The highest BCUT2D eigenvalue weighted by Crippen LogP contribution is 2.51. The topological polar surface area (TPSA) is 65.4 Å². The van der Waals surface area contributed by atoms with E-state index >= 15 is 0 Å². The molecule has 170 valence electrons. The molecule has 1 heterocycles. The van der Waals surface area contributed by atoms with Crippen LogP contribution in [-0.4, -0.2) is 37.4 Å². The Kier molecular flexibility index (Phi) is 7.09. The zero-order chi connectivity index (χ0) is 23.7. The van der Waals surface area contributed by atoms with Crippen molar-refractivity contribution in [2.24, 2.45) is 5.41 Å². The molecule has 3 rings (SSSR count). The zero-order valence-electron chi connectivity index (χ0n) is 19.0. The van der Waals surface area contributed by atoms with E-state index in [-0.39, 0.29) is 11.5 Å². The number of amides is 1. The Morgan fingerprint density at radius 3 is 2.34 bits per heavy atom. The van der Waals surface area contributed by atoms with Crippen LogP contribution in [0.5, 0.6) is 0 Å². The van der Waals surface area contributed by atoms with Gasteiger partial charge in [-0.2, -0.15) is 5.26 Å². The van der Waals surface area contributed by atoms with E-state index in [1.54, 1.807) is 32.3 Å². The van der Waals surface area contributed by atoms with E-state index in [0.717, 1.165) is 11.1 Å². The first kappa shape index (κ1) is 24.4. The van der Waals surface area contributed by atoms with E-state index in [4.69, 9.17) is 27.9 Å². The van der Waals surface area contributed by atoms with Crippen LogP contribution in [0, 0.1) is 16.7 Å². The van der Waals surface area contributed by atoms with Gasteiger partial charge in [-0.1, -0.05) is 68.2 Å². The molecule has 5 nitrogen and oxygen atoms in total. The van der Waals surface area contributed by atoms with Crippen molar-refractivity contribution < 1.29 is 9.53 Å². The molecule has 7 heteroatoms. The number of carbonyl (C=O) groups excluding carboxylic acids is 1. The highest BCUT2D eigenvalue weighted by Gasteiger charge is 2.59. The molecule has 0 spiro atoms. The number of carbonyl (C=O) groups is 1. The van der Waals surface area contributed by atoms with Gasteiger partial charge in [0.2, 0.25) is 0 Å². The van der Waals surface area contributed by atoms with Gasteiger partial charge >= 0.3 is 6.09 Å². The van der Waals surface area contributed by atoms with Gasteiger partial charge < -0.3 is 9.64 Å². The Labute approximate surface area is 200 Å². The zero-order valence-corrected chi connectivity index (χ0v) is 20.5. The Hall–Kier alpha value is -2.26. The van der Waals surface area contributed by atoms with E-state index in [9.17, 15) is 10.1 Å². The summed E-state index contributed by atoms with van der Waals surface area (Å²) in [6, 6.07) is 17.1. The molecule has 2 aromatic carbocycles. The average molecular weight is 474 g/mol. The number of hydrogen-bond acceptors (Lipinski definition) is 4. The number of rotatable bonds is 4. The smallest absolute Gasteiger partial charge is 0.410 e. The molecule has 0 aliphatic carbocycles. The summed E-state index contributed by atoms with van der Waals surface area (Å²) < 4.78 is 5.88. The van der Waals surface area contributed by atoms with Crippen molar-refractivity contribution in [3.63, 3.8) is 0 Å². The fourth-order valence-corrected chi connectivity index (χ4v) is 4.81. The minimum absolute atomic E-state index is 0.0779. The fraction of sp³-hybridized carbons (Fsp3) is 0.440. The molecule has 0 radical (unpaired) electrons. The van der Waals surface area contributed by atoms with Crippen LogP contribution < -0.4 is 5.32 Å². The van der Waals surface area contributed by atoms with Gasteiger partial charge in [-0.05, 0) is 47.2 Å². The molecule has 1 aliphatic heterocycles. The predicted octanol–water partition coefficient (Wildman–Crippen LogP) is 5.97. The van der Waals surface area contributed by atoms with Crippen LogP contribution in [0.25, 0.3) is 0 Å². The molecular formula is C25H29Cl2N3O2. The number of ether oxygens (including phenoxy) is 1. The maximum atomic E-state index is 12.6. The van der Waals surface area contributed by atoms with Crippen molar-refractivity contribution in [3.05, 3.63) is 69.7 Å². The van der Waals surface area contributed by atoms with E-state index < -0.39 is 23.7 Å². The quantitative estimate of drug-likeness (QED) is 0.593. The summed E-state index contributed by atoms with van der Waals surface area (Å²) in [7, 11) is 3.27. The van der Waals surface area contributed by atoms with Crippen molar-refractivity contribution >= 4 is 29.3 Å². The van der Waals surface area contributed by atoms with Crippen LogP contribution in [0.3, 0.4) is 0 Å². The van der Waals surface area contributed by atoms with Gasteiger partial charge in [-0.25, -0.2) is 4.79 Å². The van der Waals surface area contributed by atoms with Gasteiger partial charge in [0.15, 0.2) is 6.23 Å². The van der Waals surface area contributed by atoms with Crippen molar-refractivity contribution in [3.8, 4) is 6.07 Å². The predicted molar refractivity (Wildman–Crippen MR) is 128 cm³/mol. The first-order valence-electron chi connectivity index (χ1n) is 10.5. The lowest BCUT2D eigenvalue weighted by atomic mass is 9.64. The summed E-state index contributed by atoms with van der Waals surface area (Å²) in [4.78, 5) is 13.9. The van der Waals surface area contributed by atoms with Crippen molar-refractivity contribution in [1.82, 2.24) is 10.2 Å². The molecule has 0 aromatic heterocycles. The van der Waals surface area contributed by atoms with Gasteiger partial charge in [0.1, 0.15) is 5.41 Å². The Balaban J connectivity index is 2.24. The highest BCUT2D eigenvalue weighted by atomic mass is 35.5. The van der Waals surface area contributed by atoms with Crippen molar-refractivity contribution in [2.45, 2.75) is 50.8 Å². The highest BCUT2D eigenvalue weighted by molar-refractivity contribution is 6.30. The first-order valence-corrected chi connectivity index (χ1v) is 11.3. The second-order valence-corrected chi connectivity index (χ2v) is 10.6. The lowest BCUT2D eigenvalue weighted by Gasteiger charge is -2.37. The Morgan fingerprint density at radius 2 is 1.81 bits per heavy atom. The van der Waals surface area contributed by atoms with Gasteiger partial charge in [0.25, 0.3) is 0 Å². The molecule has 0 bridgehead atoms. The molecule has 1 aliphatic rings. The SMILES string of the molecule is CN(C)C(=O)O[C@H]1N[C@@H](CC(C)(C)C)[C@](C#N)(c2ccc(Cl)cc2)[C@H]1c1cccc(Cl)c1. The maximum Gasteiger partial charge on any atom is 0.410 e. The summed E-state index contributed by atoms with van der Waals surface area (Å²) in [6.45, 7) is 6.39.